The highest BCUT2D eigenvalue weighted by Crippen LogP contribution is 2.36. The third-order valence-electron chi connectivity index (χ3n) is 5.16. The van der Waals surface area contributed by atoms with E-state index < -0.39 is 17.8 Å². The van der Waals surface area contributed by atoms with Gasteiger partial charge in [0.1, 0.15) is 18.0 Å². The molecule has 1 aliphatic heterocycles. The van der Waals surface area contributed by atoms with E-state index in [1.807, 2.05) is 22.6 Å². The van der Waals surface area contributed by atoms with Gasteiger partial charge in [-0.2, -0.15) is 0 Å². The summed E-state index contributed by atoms with van der Waals surface area (Å²) in [4.78, 5) is 39.0. The van der Waals surface area contributed by atoms with Crippen LogP contribution in [-0.2, 0) is 16.2 Å². The molecular weight excluding hydrogens is 646 g/mol. The second-order valence-corrected chi connectivity index (χ2v) is 9.66. The first kappa shape index (κ1) is 25.8. The molecule has 4 rings (SSSR count). The van der Waals surface area contributed by atoms with E-state index in [-0.39, 0.29) is 18.0 Å². The van der Waals surface area contributed by atoms with Crippen LogP contribution in [0.3, 0.4) is 0 Å². The number of nitrogens with zero attached hydrogens (tertiary/aromatic N) is 1. The number of benzene rings is 3. The van der Waals surface area contributed by atoms with Crippen molar-refractivity contribution in [1.29, 1.82) is 0 Å². The summed E-state index contributed by atoms with van der Waals surface area (Å²) in [6, 6.07) is 15.4. The minimum atomic E-state index is -0.828. The molecule has 0 radical (unpaired) electrons. The number of ether oxygens (including phenoxy) is 2. The maximum absolute atomic E-state index is 14.0. The van der Waals surface area contributed by atoms with Crippen molar-refractivity contribution in [3.8, 4) is 11.5 Å². The topological polar surface area (TPSA) is 84.9 Å². The summed E-state index contributed by atoms with van der Waals surface area (Å²) in [6.45, 7) is 2.13. The number of carbonyl (C=O) groups is 3. The van der Waals surface area contributed by atoms with E-state index in [2.05, 4.69) is 21.2 Å². The third-order valence-corrected chi connectivity index (χ3v) is 6.49. The summed E-state index contributed by atoms with van der Waals surface area (Å²) < 4.78 is 27.0. The molecule has 0 atom stereocenters. The predicted molar refractivity (Wildman–Crippen MR) is 144 cm³/mol. The van der Waals surface area contributed by atoms with Gasteiger partial charge in [0.2, 0.25) is 0 Å². The minimum Gasteiger partial charge on any atom is -0.490 e. The van der Waals surface area contributed by atoms with Gasteiger partial charge in [-0.25, -0.2) is 14.1 Å². The Bertz CT molecular complexity index is 1380. The van der Waals surface area contributed by atoms with E-state index >= 15 is 0 Å². The molecule has 1 saturated heterocycles. The standard InChI is InChI=1S/C26H19BrFIN2O5/c1-2-35-22-13-15(12-21(29)23(22)36-14-16-5-3-4-6-20(16)28)11-19-24(32)30-26(34)31(25(19)33)18-9-7-17(27)8-10-18/h3-13H,2,14H2,1H3,(H,30,32,34)/b19-11+. The van der Waals surface area contributed by atoms with E-state index in [9.17, 15) is 18.8 Å². The van der Waals surface area contributed by atoms with E-state index in [0.29, 0.717) is 38.5 Å². The summed E-state index contributed by atoms with van der Waals surface area (Å²) in [5.74, 6) is -1.14. The lowest BCUT2D eigenvalue weighted by atomic mass is 10.1. The molecule has 1 N–H and O–H groups in total. The summed E-state index contributed by atoms with van der Waals surface area (Å²) in [5, 5.41) is 2.21. The van der Waals surface area contributed by atoms with Crippen molar-refractivity contribution in [2.24, 2.45) is 0 Å². The Morgan fingerprint density at radius 2 is 1.78 bits per heavy atom. The van der Waals surface area contributed by atoms with Crippen LogP contribution in [0.1, 0.15) is 18.1 Å². The first-order valence-corrected chi connectivity index (χ1v) is 12.6. The van der Waals surface area contributed by atoms with Crippen LogP contribution >= 0.6 is 38.5 Å². The van der Waals surface area contributed by atoms with Gasteiger partial charge in [-0.15, -0.1) is 0 Å². The summed E-state index contributed by atoms with van der Waals surface area (Å²) in [7, 11) is 0. The molecule has 36 heavy (non-hydrogen) atoms. The van der Waals surface area contributed by atoms with Crippen LogP contribution in [0.2, 0.25) is 0 Å². The number of carbonyl (C=O) groups excluding carboxylic acids is 3. The summed E-state index contributed by atoms with van der Waals surface area (Å²) >= 11 is 5.36. The van der Waals surface area contributed by atoms with Gasteiger partial charge < -0.3 is 9.47 Å². The number of barbiturate groups is 1. The second kappa shape index (κ2) is 11.2. The van der Waals surface area contributed by atoms with Gasteiger partial charge in [-0.05, 0) is 83.6 Å². The normalized spacial score (nSPS) is 14.7. The van der Waals surface area contributed by atoms with E-state index in [1.54, 1.807) is 61.5 Å². The van der Waals surface area contributed by atoms with E-state index in [1.165, 1.54) is 12.1 Å². The molecule has 3 aromatic rings. The van der Waals surface area contributed by atoms with Crippen molar-refractivity contribution in [1.82, 2.24) is 5.32 Å². The van der Waals surface area contributed by atoms with Crippen LogP contribution in [0.4, 0.5) is 14.9 Å². The first-order valence-electron chi connectivity index (χ1n) is 10.8. The molecule has 0 saturated carbocycles. The summed E-state index contributed by atoms with van der Waals surface area (Å²) in [5.41, 5.74) is 0.991. The largest absolute Gasteiger partial charge is 0.490 e. The van der Waals surface area contributed by atoms with Crippen molar-refractivity contribution < 1.29 is 28.2 Å². The molecular formula is C26H19BrFIN2O5. The Hall–Kier alpha value is -3.25. The molecule has 0 aliphatic carbocycles. The Labute approximate surface area is 228 Å². The SMILES string of the molecule is CCOc1cc(/C=C2\C(=O)NC(=O)N(c3ccc(Br)cc3)C2=O)cc(I)c1OCc1ccccc1F. The van der Waals surface area contributed by atoms with Gasteiger partial charge >= 0.3 is 6.03 Å². The number of rotatable bonds is 7. The lowest BCUT2D eigenvalue weighted by molar-refractivity contribution is -0.122. The molecule has 3 aromatic carbocycles. The van der Waals surface area contributed by atoms with E-state index in [4.69, 9.17) is 9.47 Å². The van der Waals surface area contributed by atoms with Crippen LogP contribution in [0.5, 0.6) is 11.5 Å². The van der Waals surface area contributed by atoms with Crippen molar-refractivity contribution in [2.75, 3.05) is 11.5 Å². The maximum atomic E-state index is 14.0. The molecule has 184 valence electrons. The van der Waals surface area contributed by atoms with Gasteiger partial charge in [0.25, 0.3) is 11.8 Å². The number of nitrogens with one attached hydrogen (secondary N) is 1. The molecule has 0 aromatic heterocycles. The number of anilines is 1. The number of amides is 4. The lowest BCUT2D eigenvalue weighted by Crippen LogP contribution is -2.54. The van der Waals surface area contributed by atoms with Gasteiger partial charge in [-0.3, -0.25) is 14.9 Å². The highest BCUT2D eigenvalue weighted by Gasteiger charge is 2.36. The average molecular weight is 665 g/mol. The fraction of sp³-hybridized carbons (Fsp3) is 0.115. The number of imide groups is 2. The zero-order chi connectivity index (χ0) is 25.8. The van der Waals surface area contributed by atoms with Gasteiger partial charge in [0, 0.05) is 10.0 Å². The number of urea groups is 1. The van der Waals surface area contributed by atoms with Crippen LogP contribution < -0.4 is 19.7 Å². The van der Waals surface area contributed by atoms with Crippen LogP contribution in [0.15, 0.2) is 70.7 Å². The number of halogens is 3. The van der Waals surface area contributed by atoms with Crippen molar-refractivity contribution in [3.63, 3.8) is 0 Å². The summed E-state index contributed by atoms with van der Waals surface area (Å²) in [6.07, 6.45) is 1.39. The van der Waals surface area contributed by atoms with Gasteiger partial charge in [0.15, 0.2) is 11.5 Å². The van der Waals surface area contributed by atoms with Crippen LogP contribution in [-0.4, -0.2) is 24.5 Å². The Kier molecular flexibility index (Phi) is 8.04. The minimum absolute atomic E-state index is 0.00562. The quantitative estimate of drug-likeness (QED) is 0.195. The van der Waals surface area contributed by atoms with Crippen molar-refractivity contribution >= 4 is 68.1 Å². The average Bonchev–Trinajstić information content (AvgIpc) is 2.83. The second-order valence-electron chi connectivity index (χ2n) is 7.58. The highest BCUT2D eigenvalue weighted by atomic mass is 127. The molecule has 1 aliphatic rings. The monoisotopic (exact) mass is 664 g/mol. The molecule has 10 heteroatoms. The van der Waals surface area contributed by atoms with Crippen molar-refractivity contribution in [3.05, 3.63) is 91.2 Å². The van der Waals surface area contributed by atoms with Crippen LogP contribution in [0, 0.1) is 9.39 Å². The first-order chi connectivity index (χ1) is 17.3. The fourth-order valence-electron chi connectivity index (χ4n) is 3.49. The zero-order valence-corrected chi connectivity index (χ0v) is 22.6. The molecule has 0 spiro atoms. The predicted octanol–water partition coefficient (Wildman–Crippen LogP) is 5.84. The van der Waals surface area contributed by atoms with Crippen LogP contribution in [0.25, 0.3) is 6.08 Å². The maximum Gasteiger partial charge on any atom is 0.335 e. The number of hydrogen-bond donors (Lipinski definition) is 1. The molecule has 1 heterocycles. The van der Waals surface area contributed by atoms with Gasteiger partial charge in [-0.1, -0.05) is 34.1 Å². The van der Waals surface area contributed by atoms with E-state index in [0.717, 1.165) is 9.37 Å². The molecule has 4 amide bonds. The molecule has 1 fully saturated rings. The van der Waals surface area contributed by atoms with Gasteiger partial charge in [0.05, 0.1) is 15.9 Å². The zero-order valence-electron chi connectivity index (χ0n) is 18.9. The molecule has 7 nitrogen and oxygen atoms in total. The Balaban J connectivity index is 1.66. The fourth-order valence-corrected chi connectivity index (χ4v) is 4.53. The number of hydrogen-bond acceptors (Lipinski definition) is 5. The smallest absolute Gasteiger partial charge is 0.335 e. The lowest BCUT2D eigenvalue weighted by Gasteiger charge is -2.26. The Morgan fingerprint density at radius 1 is 1.06 bits per heavy atom. The molecule has 0 unspecified atom stereocenters. The Morgan fingerprint density at radius 3 is 2.47 bits per heavy atom. The van der Waals surface area contributed by atoms with Crippen molar-refractivity contribution in [2.45, 2.75) is 13.5 Å². The highest BCUT2D eigenvalue weighted by molar-refractivity contribution is 14.1. The third kappa shape index (κ3) is 5.59. The molecule has 0 bridgehead atoms.